The average Bonchev–Trinajstić information content (AvgIpc) is 2.95. The maximum absolute atomic E-state index is 12.4. The topological polar surface area (TPSA) is 43.6 Å². The van der Waals surface area contributed by atoms with E-state index in [1.165, 1.54) is 11.3 Å². The predicted octanol–water partition coefficient (Wildman–Crippen LogP) is 4.44. The number of benzene rings is 2. The molecule has 0 N–H and O–H groups in total. The van der Waals surface area contributed by atoms with Crippen LogP contribution in [-0.4, -0.2) is 17.1 Å². The smallest absolute Gasteiger partial charge is 0.252 e. The summed E-state index contributed by atoms with van der Waals surface area (Å²) in [6, 6.07) is 13.2. The predicted molar refractivity (Wildman–Crippen MR) is 102 cm³/mol. The third kappa shape index (κ3) is 3.94. The largest absolute Gasteiger partial charge is 0.492 e. The van der Waals surface area contributed by atoms with Crippen LogP contribution in [-0.2, 0) is 17.8 Å². The Morgan fingerprint density at radius 3 is 2.64 bits per heavy atom. The Bertz CT molecular complexity index is 958. The number of hydrogen-bond acceptors (Lipinski definition) is 3. The van der Waals surface area contributed by atoms with Crippen molar-refractivity contribution >= 4 is 39.1 Å². The number of carbonyl (C=O) groups excluding carboxylic acids is 1. The first-order chi connectivity index (χ1) is 12.1. The van der Waals surface area contributed by atoms with Crippen LogP contribution in [0, 0.1) is 0 Å². The number of amides is 1. The monoisotopic (exact) mass is 374 g/mol. The highest BCUT2D eigenvalue weighted by atomic mass is 35.5. The van der Waals surface area contributed by atoms with Gasteiger partial charge in [0.25, 0.3) is 5.91 Å². The van der Waals surface area contributed by atoms with E-state index in [-0.39, 0.29) is 12.3 Å². The Morgan fingerprint density at radius 1 is 1.20 bits per heavy atom. The van der Waals surface area contributed by atoms with Crippen molar-refractivity contribution in [2.45, 2.75) is 26.8 Å². The first kappa shape index (κ1) is 17.7. The number of rotatable bonds is 5. The summed E-state index contributed by atoms with van der Waals surface area (Å²) >= 11 is 7.39. The number of aromatic nitrogens is 1. The van der Waals surface area contributed by atoms with Gasteiger partial charge in [-0.3, -0.25) is 4.79 Å². The van der Waals surface area contributed by atoms with Gasteiger partial charge in [-0.1, -0.05) is 41.1 Å². The summed E-state index contributed by atoms with van der Waals surface area (Å²) in [5.74, 6) is 0.652. The number of fused-ring (bicyclic) bond motifs is 1. The molecule has 6 heteroatoms. The van der Waals surface area contributed by atoms with Gasteiger partial charge < -0.3 is 9.30 Å². The zero-order valence-electron chi connectivity index (χ0n) is 14.2. The van der Waals surface area contributed by atoms with Crippen molar-refractivity contribution in [2.24, 2.45) is 4.99 Å². The van der Waals surface area contributed by atoms with E-state index in [2.05, 4.69) is 4.99 Å². The number of halogens is 1. The summed E-state index contributed by atoms with van der Waals surface area (Å²) in [5.41, 5.74) is 1.90. The van der Waals surface area contributed by atoms with E-state index in [1.54, 1.807) is 12.1 Å². The lowest BCUT2D eigenvalue weighted by molar-refractivity contribution is -0.117. The Morgan fingerprint density at radius 2 is 1.96 bits per heavy atom. The Labute approximate surface area is 155 Å². The second-order valence-electron chi connectivity index (χ2n) is 5.47. The summed E-state index contributed by atoms with van der Waals surface area (Å²) in [7, 11) is 0. The highest BCUT2D eigenvalue weighted by Crippen LogP contribution is 2.27. The quantitative estimate of drug-likeness (QED) is 0.662. The van der Waals surface area contributed by atoms with Crippen molar-refractivity contribution in [2.75, 3.05) is 6.61 Å². The van der Waals surface area contributed by atoms with Crippen LogP contribution in [0.15, 0.2) is 47.5 Å². The van der Waals surface area contributed by atoms with Gasteiger partial charge in [-0.05, 0) is 43.7 Å². The second-order valence-corrected chi connectivity index (χ2v) is 6.92. The van der Waals surface area contributed by atoms with E-state index in [9.17, 15) is 4.79 Å². The van der Waals surface area contributed by atoms with Crippen molar-refractivity contribution in [3.8, 4) is 5.75 Å². The molecule has 3 rings (SSSR count). The number of hydrogen-bond donors (Lipinski definition) is 0. The molecule has 1 heterocycles. The van der Waals surface area contributed by atoms with E-state index < -0.39 is 0 Å². The van der Waals surface area contributed by atoms with Crippen molar-refractivity contribution in [3.63, 3.8) is 0 Å². The third-order valence-corrected chi connectivity index (χ3v) is 5.06. The average molecular weight is 375 g/mol. The lowest BCUT2D eigenvalue weighted by Crippen LogP contribution is -2.17. The molecule has 0 atom stereocenters. The number of nitrogens with zero attached hydrogens (tertiary/aromatic N) is 2. The molecule has 1 aromatic heterocycles. The first-order valence-corrected chi connectivity index (χ1v) is 9.39. The van der Waals surface area contributed by atoms with E-state index in [0.717, 1.165) is 28.1 Å². The summed E-state index contributed by atoms with van der Waals surface area (Å²) in [6.07, 6.45) is 0.257. The molecular weight excluding hydrogens is 356 g/mol. The molecule has 130 valence electrons. The molecule has 0 bridgehead atoms. The Kier molecular flexibility index (Phi) is 5.56. The van der Waals surface area contributed by atoms with Crippen LogP contribution in [0.5, 0.6) is 5.75 Å². The second kappa shape index (κ2) is 7.85. The van der Waals surface area contributed by atoms with Crippen LogP contribution in [0.3, 0.4) is 0 Å². The molecular formula is C19H19ClN2O2S. The summed E-state index contributed by atoms with van der Waals surface area (Å²) in [5, 5.41) is 0.657. The zero-order valence-corrected chi connectivity index (χ0v) is 15.7. The van der Waals surface area contributed by atoms with Crippen LogP contribution in [0.4, 0.5) is 0 Å². The number of aryl methyl sites for hydroxylation is 1. The molecule has 0 saturated heterocycles. The maximum Gasteiger partial charge on any atom is 0.252 e. The number of para-hydroxylation sites is 1. The standard InChI is InChI=1S/C19H19ClN2O2S/c1-3-22-18-15(24-4-2)6-5-7-16(18)25-19(22)21-17(23)12-13-8-10-14(20)11-9-13/h5-11H,3-4,12H2,1-2H3. The van der Waals surface area contributed by atoms with Gasteiger partial charge in [-0.2, -0.15) is 4.99 Å². The first-order valence-electron chi connectivity index (χ1n) is 8.19. The van der Waals surface area contributed by atoms with E-state index in [4.69, 9.17) is 16.3 Å². The van der Waals surface area contributed by atoms with Gasteiger partial charge in [0.15, 0.2) is 4.80 Å². The Hall–Kier alpha value is -2.11. The van der Waals surface area contributed by atoms with Gasteiger partial charge in [0.1, 0.15) is 11.3 Å². The molecule has 0 fully saturated rings. The minimum Gasteiger partial charge on any atom is -0.492 e. The molecule has 3 aromatic rings. The molecule has 1 amide bonds. The highest BCUT2D eigenvalue weighted by Gasteiger charge is 2.11. The van der Waals surface area contributed by atoms with Crippen LogP contribution in [0.1, 0.15) is 19.4 Å². The van der Waals surface area contributed by atoms with Crippen molar-refractivity contribution in [3.05, 3.63) is 57.9 Å². The summed E-state index contributed by atoms with van der Waals surface area (Å²) in [6.45, 7) is 5.32. The van der Waals surface area contributed by atoms with Gasteiger partial charge >= 0.3 is 0 Å². The molecule has 0 aliphatic carbocycles. The molecule has 4 nitrogen and oxygen atoms in total. The van der Waals surface area contributed by atoms with Crippen LogP contribution in [0.2, 0.25) is 5.02 Å². The van der Waals surface area contributed by atoms with E-state index in [1.807, 2.05) is 48.7 Å². The van der Waals surface area contributed by atoms with Gasteiger partial charge in [0.2, 0.25) is 0 Å². The lowest BCUT2D eigenvalue weighted by atomic mass is 10.1. The lowest BCUT2D eigenvalue weighted by Gasteiger charge is -2.07. The van der Waals surface area contributed by atoms with Crippen molar-refractivity contribution in [1.82, 2.24) is 4.57 Å². The molecule has 0 unspecified atom stereocenters. The van der Waals surface area contributed by atoms with Crippen LogP contribution >= 0.6 is 22.9 Å². The molecule has 0 spiro atoms. The zero-order chi connectivity index (χ0) is 17.8. The maximum atomic E-state index is 12.4. The van der Waals surface area contributed by atoms with Crippen LogP contribution < -0.4 is 9.54 Å². The van der Waals surface area contributed by atoms with Gasteiger partial charge in [-0.15, -0.1) is 0 Å². The fraction of sp³-hybridized carbons (Fsp3) is 0.263. The highest BCUT2D eigenvalue weighted by molar-refractivity contribution is 7.16. The molecule has 0 aliphatic heterocycles. The van der Waals surface area contributed by atoms with Gasteiger partial charge in [-0.25, -0.2) is 0 Å². The summed E-state index contributed by atoms with van der Waals surface area (Å²) < 4.78 is 8.83. The minimum absolute atomic E-state index is 0.172. The normalized spacial score (nSPS) is 11.9. The van der Waals surface area contributed by atoms with Crippen molar-refractivity contribution < 1.29 is 9.53 Å². The minimum atomic E-state index is -0.172. The number of thiazole rings is 1. The van der Waals surface area contributed by atoms with E-state index in [0.29, 0.717) is 16.4 Å². The van der Waals surface area contributed by atoms with Crippen LogP contribution in [0.25, 0.3) is 10.2 Å². The van der Waals surface area contributed by atoms with E-state index >= 15 is 0 Å². The molecule has 25 heavy (non-hydrogen) atoms. The number of carbonyl (C=O) groups is 1. The fourth-order valence-electron chi connectivity index (χ4n) is 2.67. The fourth-order valence-corrected chi connectivity index (χ4v) is 3.93. The number of ether oxygens (including phenoxy) is 1. The van der Waals surface area contributed by atoms with Gasteiger partial charge in [0, 0.05) is 11.6 Å². The Balaban J connectivity index is 1.99. The molecule has 0 aliphatic rings. The van der Waals surface area contributed by atoms with Crippen molar-refractivity contribution in [1.29, 1.82) is 0 Å². The molecule has 0 radical (unpaired) electrons. The summed E-state index contributed by atoms with van der Waals surface area (Å²) in [4.78, 5) is 17.4. The third-order valence-electron chi connectivity index (χ3n) is 3.77. The SMILES string of the molecule is CCOc1cccc2sc(=NC(=O)Cc3ccc(Cl)cc3)n(CC)c12. The molecule has 2 aromatic carbocycles. The molecule has 0 saturated carbocycles. The van der Waals surface area contributed by atoms with Gasteiger partial charge in [0.05, 0.1) is 17.7 Å².